The molecule has 0 aliphatic heterocycles. The van der Waals surface area contributed by atoms with Crippen molar-refractivity contribution < 1.29 is 4.92 Å². The van der Waals surface area contributed by atoms with E-state index < -0.39 is 4.92 Å². The van der Waals surface area contributed by atoms with E-state index in [1.165, 1.54) is 16.8 Å². The number of halogens is 1. The highest BCUT2D eigenvalue weighted by Gasteiger charge is 2.09. The lowest BCUT2D eigenvalue weighted by Gasteiger charge is -2.07. The van der Waals surface area contributed by atoms with Crippen LogP contribution >= 0.6 is 15.9 Å². The van der Waals surface area contributed by atoms with Crippen LogP contribution in [0.15, 0.2) is 75.2 Å². The summed E-state index contributed by atoms with van der Waals surface area (Å²) in [6, 6.07) is 15.2. The lowest BCUT2D eigenvalue weighted by molar-refractivity contribution is -0.384. The Morgan fingerprint density at radius 1 is 1.17 bits per heavy atom. The number of benzene rings is 2. The topological polar surface area (TPSA) is 95.3 Å². The number of nitrogens with zero attached hydrogens (tertiary/aromatic N) is 5. The molecule has 144 valence electrons. The van der Waals surface area contributed by atoms with Crippen LogP contribution < -0.4 is 5.56 Å². The van der Waals surface area contributed by atoms with Crippen LogP contribution in [0.25, 0.3) is 16.6 Å². The quantitative estimate of drug-likeness (QED) is 0.265. The summed E-state index contributed by atoms with van der Waals surface area (Å²) in [4.78, 5) is 27.7. The summed E-state index contributed by atoms with van der Waals surface area (Å²) in [7, 11) is 0. The van der Waals surface area contributed by atoms with Gasteiger partial charge in [0.2, 0.25) is 0 Å². The van der Waals surface area contributed by atoms with Crippen molar-refractivity contribution in [1.29, 1.82) is 0 Å². The minimum absolute atomic E-state index is 0.0201. The van der Waals surface area contributed by atoms with Gasteiger partial charge in [0.25, 0.3) is 11.2 Å². The first-order valence-electron chi connectivity index (χ1n) is 8.59. The number of hydrogen-bond acceptors (Lipinski definition) is 5. The average Bonchev–Trinajstić information content (AvgIpc) is 3.17. The van der Waals surface area contributed by atoms with E-state index in [9.17, 15) is 14.9 Å². The summed E-state index contributed by atoms with van der Waals surface area (Å²) in [5, 5.41) is 15.6. The maximum Gasteiger partial charge on any atom is 0.282 e. The third-order valence-corrected chi connectivity index (χ3v) is 4.89. The maximum atomic E-state index is 12.8. The minimum atomic E-state index is -0.442. The van der Waals surface area contributed by atoms with Gasteiger partial charge in [-0.3, -0.25) is 14.9 Å². The fourth-order valence-electron chi connectivity index (χ4n) is 2.98. The zero-order valence-electron chi connectivity index (χ0n) is 15.2. The largest absolute Gasteiger partial charge is 0.316 e. The van der Waals surface area contributed by atoms with E-state index in [0.29, 0.717) is 22.4 Å². The molecule has 4 aromatic rings. The fourth-order valence-corrected chi connectivity index (χ4v) is 3.34. The third kappa shape index (κ3) is 3.59. The van der Waals surface area contributed by atoms with Crippen molar-refractivity contribution >= 4 is 38.7 Å². The highest BCUT2D eigenvalue weighted by Crippen LogP contribution is 2.18. The van der Waals surface area contributed by atoms with Crippen LogP contribution in [0.2, 0.25) is 0 Å². The number of nitro benzene ring substituents is 1. The van der Waals surface area contributed by atoms with Crippen molar-refractivity contribution in [3.63, 3.8) is 0 Å². The van der Waals surface area contributed by atoms with Crippen LogP contribution in [0.4, 0.5) is 5.69 Å². The summed E-state index contributed by atoms with van der Waals surface area (Å²) in [5.74, 6) is 0.467. The second-order valence-corrected chi connectivity index (χ2v) is 7.17. The van der Waals surface area contributed by atoms with Gasteiger partial charge in [0, 0.05) is 28.5 Å². The van der Waals surface area contributed by atoms with Gasteiger partial charge >= 0.3 is 0 Å². The molecule has 2 aromatic carbocycles. The number of rotatable bonds is 4. The molecular formula is C20H14BrN5O3. The molecule has 0 N–H and O–H groups in total. The Kier molecular flexibility index (Phi) is 4.81. The first kappa shape index (κ1) is 18.8. The molecule has 0 saturated carbocycles. The van der Waals surface area contributed by atoms with Gasteiger partial charge in [0.15, 0.2) is 0 Å². The molecule has 0 unspecified atom stereocenters. The van der Waals surface area contributed by atoms with Crippen LogP contribution in [0, 0.1) is 17.0 Å². The number of non-ortho nitro benzene ring substituents is 1. The van der Waals surface area contributed by atoms with E-state index in [0.717, 1.165) is 10.2 Å². The molecule has 9 heteroatoms. The van der Waals surface area contributed by atoms with Crippen molar-refractivity contribution in [1.82, 2.24) is 14.2 Å². The van der Waals surface area contributed by atoms with Gasteiger partial charge in [-0.2, -0.15) is 9.78 Å². The molecule has 2 heterocycles. The maximum absolute atomic E-state index is 12.8. The molecule has 0 aliphatic carbocycles. The molecule has 0 aliphatic rings. The Morgan fingerprint density at radius 2 is 1.93 bits per heavy atom. The lowest BCUT2D eigenvalue weighted by atomic mass is 10.2. The van der Waals surface area contributed by atoms with Crippen molar-refractivity contribution in [3.8, 4) is 5.69 Å². The van der Waals surface area contributed by atoms with E-state index in [2.05, 4.69) is 26.0 Å². The van der Waals surface area contributed by atoms with Gasteiger partial charge in [-0.05, 0) is 49.4 Å². The van der Waals surface area contributed by atoms with Gasteiger partial charge in [-0.1, -0.05) is 15.9 Å². The minimum Gasteiger partial charge on any atom is -0.316 e. The molecule has 0 bridgehead atoms. The zero-order chi connectivity index (χ0) is 20.5. The standard InChI is InChI=1S/C20H14BrN5O3/c1-13-23-19-9-4-14(21)11-18(19)20(27)25(13)22-12-17-3-2-10-24(17)15-5-7-16(8-6-15)26(28)29/h2-12H,1H3. The van der Waals surface area contributed by atoms with Crippen molar-refractivity contribution in [3.05, 3.63) is 97.3 Å². The van der Waals surface area contributed by atoms with Crippen LogP contribution in [-0.2, 0) is 0 Å². The monoisotopic (exact) mass is 451 g/mol. The van der Waals surface area contributed by atoms with Crippen LogP contribution in [0.5, 0.6) is 0 Å². The Bertz CT molecular complexity index is 1320. The molecule has 0 atom stereocenters. The second-order valence-electron chi connectivity index (χ2n) is 6.26. The van der Waals surface area contributed by atoms with E-state index >= 15 is 0 Å². The number of nitro groups is 1. The Balaban J connectivity index is 1.74. The predicted molar refractivity (Wildman–Crippen MR) is 114 cm³/mol. The summed E-state index contributed by atoms with van der Waals surface area (Å²) in [6.07, 6.45) is 3.37. The van der Waals surface area contributed by atoms with Crippen LogP contribution in [0.1, 0.15) is 11.5 Å². The number of aryl methyl sites for hydroxylation is 1. The molecule has 0 saturated heterocycles. The number of fused-ring (bicyclic) bond motifs is 1. The predicted octanol–water partition coefficient (Wildman–Crippen LogP) is 4.05. The van der Waals surface area contributed by atoms with E-state index in [1.807, 2.05) is 29.0 Å². The van der Waals surface area contributed by atoms with Crippen LogP contribution in [-0.4, -0.2) is 25.4 Å². The smallest absolute Gasteiger partial charge is 0.282 e. The summed E-state index contributed by atoms with van der Waals surface area (Å²) >= 11 is 3.37. The molecule has 0 fully saturated rings. The Morgan fingerprint density at radius 3 is 2.66 bits per heavy atom. The molecule has 0 spiro atoms. The zero-order valence-corrected chi connectivity index (χ0v) is 16.8. The molecule has 29 heavy (non-hydrogen) atoms. The first-order valence-corrected chi connectivity index (χ1v) is 9.39. The van der Waals surface area contributed by atoms with E-state index in [4.69, 9.17) is 0 Å². The van der Waals surface area contributed by atoms with E-state index in [-0.39, 0.29) is 11.2 Å². The molecular weight excluding hydrogens is 438 g/mol. The van der Waals surface area contributed by atoms with Gasteiger partial charge < -0.3 is 4.57 Å². The fraction of sp³-hybridized carbons (Fsp3) is 0.0500. The summed E-state index contributed by atoms with van der Waals surface area (Å²) in [5.41, 5.74) is 1.81. The van der Waals surface area contributed by atoms with Crippen molar-refractivity contribution in [2.45, 2.75) is 6.92 Å². The first-order chi connectivity index (χ1) is 13.9. The molecule has 0 radical (unpaired) electrons. The highest BCUT2D eigenvalue weighted by atomic mass is 79.9. The Hall–Kier alpha value is -3.59. The highest BCUT2D eigenvalue weighted by molar-refractivity contribution is 9.10. The van der Waals surface area contributed by atoms with Crippen molar-refractivity contribution in [2.75, 3.05) is 0 Å². The van der Waals surface area contributed by atoms with Crippen molar-refractivity contribution in [2.24, 2.45) is 5.10 Å². The lowest BCUT2D eigenvalue weighted by Crippen LogP contribution is -2.20. The van der Waals surface area contributed by atoms with Gasteiger partial charge in [-0.15, -0.1) is 0 Å². The molecule has 0 amide bonds. The van der Waals surface area contributed by atoms with Gasteiger partial charge in [-0.25, -0.2) is 4.98 Å². The normalized spacial score (nSPS) is 11.4. The van der Waals surface area contributed by atoms with Crippen LogP contribution in [0.3, 0.4) is 0 Å². The van der Waals surface area contributed by atoms with Gasteiger partial charge in [0.1, 0.15) is 5.82 Å². The average molecular weight is 452 g/mol. The summed E-state index contributed by atoms with van der Waals surface area (Å²) in [6.45, 7) is 1.72. The number of aromatic nitrogens is 3. The van der Waals surface area contributed by atoms with Gasteiger partial charge in [0.05, 0.1) is 27.7 Å². The second kappa shape index (κ2) is 7.44. The van der Waals surface area contributed by atoms with E-state index in [1.54, 1.807) is 37.4 Å². The SMILES string of the molecule is Cc1nc2ccc(Br)cc2c(=O)n1N=Cc1cccn1-c1ccc([N+](=O)[O-])cc1. The molecule has 2 aromatic heterocycles. The Labute approximate surface area is 173 Å². The third-order valence-electron chi connectivity index (χ3n) is 4.39. The number of hydrogen-bond donors (Lipinski definition) is 0. The summed E-state index contributed by atoms with van der Waals surface area (Å²) < 4.78 is 3.86. The molecule has 4 rings (SSSR count). The molecule has 8 nitrogen and oxygen atoms in total.